The van der Waals surface area contributed by atoms with Gasteiger partial charge < -0.3 is 5.32 Å². The highest BCUT2D eigenvalue weighted by Gasteiger charge is 2.41. The van der Waals surface area contributed by atoms with Crippen LogP contribution in [0.3, 0.4) is 0 Å². The number of piperazine rings is 1. The van der Waals surface area contributed by atoms with Crippen LogP contribution in [0.5, 0.6) is 0 Å². The number of nitrogens with zero attached hydrogens (tertiary/aromatic N) is 1. The van der Waals surface area contributed by atoms with Crippen molar-refractivity contribution in [1.82, 2.24) is 10.2 Å². The van der Waals surface area contributed by atoms with Crippen LogP contribution in [0.4, 0.5) is 0 Å². The van der Waals surface area contributed by atoms with Gasteiger partial charge in [0.05, 0.1) is 0 Å². The average molecular weight is 339 g/mol. The fourth-order valence-corrected chi connectivity index (χ4v) is 3.46. The highest BCUT2D eigenvalue weighted by Crippen LogP contribution is 2.31. The topological polar surface area (TPSA) is 15.3 Å². The van der Waals surface area contributed by atoms with Crippen molar-refractivity contribution in [3.05, 3.63) is 34.3 Å². The first-order valence-electron chi connectivity index (χ1n) is 7.65. The van der Waals surface area contributed by atoms with Crippen LogP contribution >= 0.6 is 15.9 Å². The van der Waals surface area contributed by atoms with Gasteiger partial charge in [-0.05, 0) is 44.4 Å². The zero-order valence-electron chi connectivity index (χ0n) is 13.2. The summed E-state index contributed by atoms with van der Waals surface area (Å²) >= 11 is 3.51. The Balaban J connectivity index is 2.21. The van der Waals surface area contributed by atoms with Gasteiger partial charge in [-0.25, -0.2) is 0 Å². The normalized spacial score (nSPS) is 21.9. The van der Waals surface area contributed by atoms with Gasteiger partial charge in [-0.3, -0.25) is 4.90 Å². The molecule has 2 rings (SSSR count). The van der Waals surface area contributed by atoms with E-state index in [-0.39, 0.29) is 5.54 Å². The van der Waals surface area contributed by atoms with Gasteiger partial charge in [-0.2, -0.15) is 0 Å². The summed E-state index contributed by atoms with van der Waals surface area (Å²) in [6.45, 7) is 12.5. The zero-order valence-corrected chi connectivity index (χ0v) is 14.8. The maximum Gasteiger partial charge on any atom is 0.0333 e. The molecule has 0 aromatic heterocycles. The van der Waals surface area contributed by atoms with Crippen LogP contribution < -0.4 is 5.32 Å². The first kappa shape index (κ1) is 16.0. The van der Waals surface area contributed by atoms with Gasteiger partial charge >= 0.3 is 0 Å². The smallest absolute Gasteiger partial charge is 0.0333 e. The molecule has 0 amide bonds. The monoisotopic (exact) mass is 338 g/mol. The van der Waals surface area contributed by atoms with Gasteiger partial charge in [-0.1, -0.05) is 41.9 Å². The molecule has 0 atom stereocenters. The lowest BCUT2D eigenvalue weighted by atomic mass is 9.84. The molecule has 20 heavy (non-hydrogen) atoms. The van der Waals surface area contributed by atoms with E-state index in [0.717, 1.165) is 24.1 Å². The Hall–Kier alpha value is -0.380. The molecule has 1 N–H and O–H groups in total. The number of halogens is 1. The first-order chi connectivity index (χ1) is 9.41. The molecular weight excluding hydrogens is 312 g/mol. The summed E-state index contributed by atoms with van der Waals surface area (Å²) < 4.78 is 1.15. The summed E-state index contributed by atoms with van der Waals surface area (Å²) in [6.07, 6.45) is 2.40. The fourth-order valence-electron chi connectivity index (χ4n) is 3.20. The van der Waals surface area contributed by atoms with Crippen LogP contribution in [0.2, 0.25) is 0 Å². The van der Waals surface area contributed by atoms with Crippen molar-refractivity contribution < 1.29 is 0 Å². The molecule has 0 aliphatic carbocycles. The maximum absolute atomic E-state index is 3.73. The number of hydrogen-bond acceptors (Lipinski definition) is 2. The van der Waals surface area contributed by atoms with Crippen LogP contribution in [0.15, 0.2) is 28.7 Å². The maximum atomic E-state index is 3.73. The Morgan fingerprint density at radius 1 is 1.15 bits per heavy atom. The summed E-state index contributed by atoms with van der Waals surface area (Å²) in [5.41, 5.74) is 1.89. The summed E-state index contributed by atoms with van der Waals surface area (Å²) in [4.78, 5) is 2.69. The minimum Gasteiger partial charge on any atom is -0.309 e. The summed E-state index contributed by atoms with van der Waals surface area (Å²) in [5, 5.41) is 3.73. The highest BCUT2D eigenvalue weighted by atomic mass is 79.9. The van der Waals surface area contributed by atoms with Gasteiger partial charge in [0.25, 0.3) is 0 Å². The number of benzene rings is 1. The number of hydrogen-bond donors (Lipinski definition) is 1. The van der Waals surface area contributed by atoms with Gasteiger partial charge in [-0.15, -0.1) is 0 Å². The Labute approximate surface area is 132 Å². The molecule has 1 aliphatic rings. The molecule has 2 nitrogen and oxygen atoms in total. The summed E-state index contributed by atoms with van der Waals surface area (Å²) in [5.74, 6) is 0. The van der Waals surface area contributed by atoms with Crippen LogP contribution in [0.1, 0.15) is 46.1 Å². The standard InChI is InChI=1S/C17H27BrN2/c1-5-17(6-2)12-19-16(3,4)13-20(17)11-14-7-9-15(18)10-8-14/h7-10,19H,5-6,11-13H2,1-4H3. The molecule has 0 bridgehead atoms. The molecule has 1 aromatic rings. The molecular formula is C17H27BrN2. The Kier molecular flexibility index (Phi) is 4.93. The fraction of sp³-hybridized carbons (Fsp3) is 0.647. The SMILES string of the molecule is CCC1(CC)CNC(C)(C)CN1Cc1ccc(Br)cc1. The predicted molar refractivity (Wildman–Crippen MR) is 89.9 cm³/mol. The number of nitrogens with one attached hydrogen (secondary N) is 1. The van der Waals surface area contributed by atoms with Crippen LogP contribution in [0.25, 0.3) is 0 Å². The molecule has 1 fully saturated rings. The van der Waals surface area contributed by atoms with Crippen molar-refractivity contribution >= 4 is 15.9 Å². The second kappa shape index (κ2) is 6.17. The lowest BCUT2D eigenvalue weighted by Gasteiger charge is -2.52. The molecule has 0 saturated carbocycles. The van der Waals surface area contributed by atoms with E-state index in [0.29, 0.717) is 5.54 Å². The van der Waals surface area contributed by atoms with E-state index in [9.17, 15) is 0 Å². The van der Waals surface area contributed by atoms with Crippen LogP contribution in [-0.2, 0) is 6.54 Å². The van der Waals surface area contributed by atoms with E-state index in [1.54, 1.807) is 0 Å². The molecule has 1 aliphatic heterocycles. The van der Waals surface area contributed by atoms with Crippen LogP contribution in [0, 0.1) is 0 Å². The minimum atomic E-state index is 0.198. The van der Waals surface area contributed by atoms with E-state index in [4.69, 9.17) is 0 Å². The van der Waals surface area contributed by atoms with Crippen molar-refractivity contribution in [2.45, 2.75) is 58.2 Å². The third-order valence-corrected chi connectivity index (χ3v) is 5.28. The molecule has 1 aromatic carbocycles. The molecule has 3 heteroatoms. The molecule has 0 spiro atoms. The van der Waals surface area contributed by atoms with Gasteiger partial charge in [0.2, 0.25) is 0 Å². The molecule has 0 radical (unpaired) electrons. The van der Waals surface area contributed by atoms with Crippen molar-refractivity contribution in [2.75, 3.05) is 13.1 Å². The van der Waals surface area contributed by atoms with Crippen LogP contribution in [-0.4, -0.2) is 29.1 Å². The van der Waals surface area contributed by atoms with Gasteiger partial charge in [0, 0.05) is 35.2 Å². The van der Waals surface area contributed by atoms with Gasteiger partial charge in [0.15, 0.2) is 0 Å². The Morgan fingerprint density at radius 2 is 1.75 bits per heavy atom. The van der Waals surface area contributed by atoms with Crippen molar-refractivity contribution in [2.24, 2.45) is 0 Å². The second-order valence-corrected chi connectivity index (χ2v) is 7.57. The second-order valence-electron chi connectivity index (χ2n) is 6.65. The van der Waals surface area contributed by atoms with Gasteiger partial charge in [0.1, 0.15) is 0 Å². The summed E-state index contributed by atoms with van der Waals surface area (Å²) in [7, 11) is 0. The average Bonchev–Trinajstić information content (AvgIpc) is 2.42. The lowest BCUT2D eigenvalue weighted by molar-refractivity contribution is 0.00233. The van der Waals surface area contributed by atoms with Crippen molar-refractivity contribution in [3.8, 4) is 0 Å². The van der Waals surface area contributed by atoms with E-state index < -0.39 is 0 Å². The number of rotatable bonds is 4. The third kappa shape index (κ3) is 3.44. The molecule has 0 unspecified atom stereocenters. The molecule has 1 saturated heterocycles. The Bertz CT molecular complexity index is 435. The molecule has 112 valence electrons. The summed E-state index contributed by atoms with van der Waals surface area (Å²) in [6, 6.07) is 8.74. The predicted octanol–water partition coefficient (Wildman–Crippen LogP) is 4.19. The zero-order chi connectivity index (χ0) is 14.8. The van der Waals surface area contributed by atoms with E-state index >= 15 is 0 Å². The molecule has 1 heterocycles. The quantitative estimate of drug-likeness (QED) is 0.885. The van der Waals surface area contributed by atoms with Crippen molar-refractivity contribution in [3.63, 3.8) is 0 Å². The third-order valence-electron chi connectivity index (χ3n) is 4.76. The van der Waals surface area contributed by atoms with Crippen molar-refractivity contribution in [1.29, 1.82) is 0 Å². The lowest BCUT2D eigenvalue weighted by Crippen LogP contribution is -2.67. The highest BCUT2D eigenvalue weighted by molar-refractivity contribution is 9.10. The first-order valence-corrected chi connectivity index (χ1v) is 8.44. The van der Waals surface area contributed by atoms with E-state index in [2.05, 4.69) is 78.1 Å². The Morgan fingerprint density at radius 3 is 2.30 bits per heavy atom. The van der Waals surface area contributed by atoms with E-state index in [1.807, 2.05) is 0 Å². The minimum absolute atomic E-state index is 0.198. The van der Waals surface area contributed by atoms with E-state index in [1.165, 1.54) is 18.4 Å². The largest absolute Gasteiger partial charge is 0.309 e.